The molecule has 0 spiro atoms. The monoisotopic (exact) mass is 382 g/mol. The number of hydrogen-bond acceptors (Lipinski definition) is 4. The van der Waals surface area contributed by atoms with Crippen molar-refractivity contribution in [3.05, 3.63) is 60.2 Å². The molecule has 2 aromatic rings. The Labute approximate surface area is 164 Å². The number of benzene rings is 2. The van der Waals surface area contributed by atoms with E-state index < -0.39 is 17.7 Å². The van der Waals surface area contributed by atoms with Gasteiger partial charge in [0.15, 0.2) is 0 Å². The van der Waals surface area contributed by atoms with Gasteiger partial charge in [-0.05, 0) is 49.6 Å². The molecule has 3 N–H and O–H groups in total. The van der Waals surface area contributed by atoms with E-state index in [9.17, 15) is 9.59 Å². The molecule has 3 atom stereocenters. The van der Waals surface area contributed by atoms with Crippen molar-refractivity contribution < 1.29 is 19.5 Å². The number of hydroxylamine groups is 1. The Morgan fingerprint density at radius 2 is 1.57 bits per heavy atom. The second-order valence-electron chi connectivity index (χ2n) is 7.16. The van der Waals surface area contributed by atoms with Gasteiger partial charge in [0.1, 0.15) is 11.9 Å². The second kappa shape index (κ2) is 9.37. The number of hydrogen-bond donors (Lipinski definition) is 3. The normalized spacial score (nSPS) is 20.1. The van der Waals surface area contributed by atoms with Gasteiger partial charge in [0, 0.05) is 11.6 Å². The molecule has 1 fully saturated rings. The van der Waals surface area contributed by atoms with Crippen LogP contribution in [0.15, 0.2) is 54.6 Å². The summed E-state index contributed by atoms with van der Waals surface area (Å²) in [5.74, 6) is -0.898. The zero-order chi connectivity index (χ0) is 19.9. The van der Waals surface area contributed by atoms with Crippen molar-refractivity contribution in [3.63, 3.8) is 0 Å². The molecule has 1 saturated carbocycles. The molecule has 0 bridgehead atoms. The van der Waals surface area contributed by atoms with Crippen LogP contribution in [0.2, 0.25) is 0 Å². The van der Waals surface area contributed by atoms with E-state index in [1.54, 1.807) is 17.6 Å². The Balaban J connectivity index is 1.60. The lowest BCUT2D eigenvalue weighted by atomic mass is 9.78. The van der Waals surface area contributed by atoms with E-state index in [4.69, 9.17) is 9.94 Å². The van der Waals surface area contributed by atoms with Gasteiger partial charge in [-0.25, -0.2) is 5.48 Å². The molecule has 0 heterocycles. The average molecular weight is 382 g/mol. The minimum absolute atomic E-state index is 0.0818. The fourth-order valence-corrected chi connectivity index (χ4v) is 3.69. The van der Waals surface area contributed by atoms with Crippen LogP contribution >= 0.6 is 0 Å². The van der Waals surface area contributed by atoms with E-state index in [2.05, 4.69) is 5.32 Å². The average Bonchev–Trinajstić information content (AvgIpc) is 2.75. The molecule has 3 rings (SSSR count). The quantitative estimate of drug-likeness (QED) is 0.519. The highest BCUT2D eigenvalue weighted by Gasteiger charge is 2.35. The first-order chi connectivity index (χ1) is 13.6. The third-order valence-corrected chi connectivity index (χ3v) is 5.25. The Kier molecular flexibility index (Phi) is 6.66. The highest BCUT2D eigenvalue weighted by atomic mass is 16.5. The van der Waals surface area contributed by atoms with Gasteiger partial charge in [-0.2, -0.15) is 0 Å². The lowest BCUT2D eigenvalue weighted by Gasteiger charge is -2.28. The third-order valence-electron chi connectivity index (χ3n) is 5.25. The molecule has 0 saturated heterocycles. The zero-order valence-corrected chi connectivity index (χ0v) is 15.9. The number of anilines is 1. The van der Waals surface area contributed by atoms with E-state index in [1.165, 1.54) is 0 Å². The van der Waals surface area contributed by atoms with Crippen LogP contribution in [0, 0.1) is 11.8 Å². The SMILES string of the molecule is CC(Oc1ccc(NC(=O)C2CCCCC2C(=O)NO)cc1)c1ccccc1. The van der Waals surface area contributed by atoms with Gasteiger partial charge >= 0.3 is 0 Å². The first-order valence-electron chi connectivity index (χ1n) is 9.65. The van der Waals surface area contributed by atoms with Crippen LogP contribution in [0.4, 0.5) is 5.69 Å². The van der Waals surface area contributed by atoms with Crippen LogP contribution in [0.25, 0.3) is 0 Å². The summed E-state index contributed by atoms with van der Waals surface area (Å²) in [6, 6.07) is 17.2. The molecule has 2 amide bonds. The molecule has 6 heteroatoms. The second-order valence-corrected chi connectivity index (χ2v) is 7.16. The van der Waals surface area contributed by atoms with E-state index in [-0.39, 0.29) is 12.0 Å². The molecule has 28 heavy (non-hydrogen) atoms. The highest BCUT2D eigenvalue weighted by molar-refractivity contribution is 5.96. The van der Waals surface area contributed by atoms with Gasteiger partial charge in [0.05, 0.1) is 5.92 Å². The Morgan fingerprint density at radius 1 is 0.964 bits per heavy atom. The molecular formula is C22H26N2O4. The number of ether oxygens (including phenoxy) is 1. The highest BCUT2D eigenvalue weighted by Crippen LogP contribution is 2.31. The summed E-state index contributed by atoms with van der Waals surface area (Å²) in [4.78, 5) is 24.5. The molecule has 0 aliphatic heterocycles. The Bertz CT molecular complexity index is 792. The van der Waals surface area contributed by atoms with Crippen LogP contribution in [0.3, 0.4) is 0 Å². The summed E-state index contributed by atoms with van der Waals surface area (Å²) in [6.45, 7) is 1.99. The smallest absolute Gasteiger partial charge is 0.247 e. The standard InChI is InChI=1S/C22H26N2O4/c1-15(16-7-3-2-4-8-16)28-18-13-11-17(12-14-18)23-21(25)19-9-5-6-10-20(19)22(26)24-27/h2-4,7-8,11-15,19-20,27H,5-6,9-10H2,1H3,(H,23,25)(H,24,26). The minimum atomic E-state index is -0.493. The maximum Gasteiger partial charge on any atom is 0.247 e. The molecule has 2 aromatic carbocycles. The van der Waals surface area contributed by atoms with Gasteiger partial charge in [-0.15, -0.1) is 0 Å². The van der Waals surface area contributed by atoms with Gasteiger partial charge in [-0.1, -0.05) is 43.2 Å². The van der Waals surface area contributed by atoms with Gasteiger partial charge < -0.3 is 10.1 Å². The Hall–Kier alpha value is -2.86. The summed E-state index contributed by atoms with van der Waals surface area (Å²) in [5.41, 5.74) is 3.43. The van der Waals surface area contributed by atoms with Gasteiger partial charge in [0.25, 0.3) is 0 Å². The fourth-order valence-electron chi connectivity index (χ4n) is 3.69. The lowest BCUT2D eigenvalue weighted by molar-refractivity contribution is -0.140. The van der Waals surface area contributed by atoms with Gasteiger partial charge in [-0.3, -0.25) is 14.8 Å². The van der Waals surface area contributed by atoms with Crippen molar-refractivity contribution >= 4 is 17.5 Å². The number of nitrogens with one attached hydrogen (secondary N) is 2. The first-order valence-corrected chi connectivity index (χ1v) is 9.65. The maximum atomic E-state index is 12.6. The minimum Gasteiger partial charge on any atom is -0.486 e. The topological polar surface area (TPSA) is 87.7 Å². The maximum absolute atomic E-state index is 12.6. The summed E-state index contributed by atoms with van der Waals surface area (Å²) < 4.78 is 5.95. The van der Waals surface area contributed by atoms with Gasteiger partial charge in [0.2, 0.25) is 11.8 Å². The molecule has 1 aliphatic rings. The molecule has 0 radical (unpaired) electrons. The van der Waals surface area contributed by atoms with Crippen molar-refractivity contribution in [1.82, 2.24) is 5.48 Å². The van der Waals surface area contributed by atoms with Crippen molar-refractivity contribution in [1.29, 1.82) is 0 Å². The molecular weight excluding hydrogens is 356 g/mol. The summed E-state index contributed by atoms with van der Waals surface area (Å²) in [6.07, 6.45) is 2.95. The van der Waals surface area contributed by atoms with Crippen LogP contribution in [0.1, 0.15) is 44.3 Å². The Morgan fingerprint density at radius 3 is 2.18 bits per heavy atom. The third kappa shape index (κ3) is 4.89. The van der Waals surface area contributed by atoms with Crippen LogP contribution in [-0.4, -0.2) is 17.0 Å². The van der Waals surface area contributed by atoms with Crippen LogP contribution < -0.4 is 15.5 Å². The molecule has 6 nitrogen and oxygen atoms in total. The van der Waals surface area contributed by atoms with E-state index >= 15 is 0 Å². The predicted octanol–water partition coefficient (Wildman–Crippen LogP) is 4.08. The first kappa shape index (κ1) is 19.9. The summed E-state index contributed by atoms with van der Waals surface area (Å²) in [7, 11) is 0. The fraction of sp³-hybridized carbons (Fsp3) is 0.364. The number of carbonyl (C=O) groups is 2. The lowest BCUT2D eigenvalue weighted by Crippen LogP contribution is -2.40. The van der Waals surface area contributed by atoms with E-state index in [1.807, 2.05) is 49.4 Å². The molecule has 148 valence electrons. The van der Waals surface area contributed by atoms with Crippen molar-refractivity contribution in [2.24, 2.45) is 11.8 Å². The number of carbonyl (C=O) groups excluding carboxylic acids is 2. The predicted molar refractivity (Wildman–Crippen MR) is 106 cm³/mol. The van der Waals surface area contributed by atoms with E-state index in [0.717, 1.165) is 18.4 Å². The van der Waals surface area contributed by atoms with E-state index in [0.29, 0.717) is 24.3 Å². The number of amides is 2. The van der Waals surface area contributed by atoms with Crippen molar-refractivity contribution in [2.75, 3.05) is 5.32 Å². The summed E-state index contributed by atoms with van der Waals surface area (Å²) >= 11 is 0. The number of rotatable bonds is 6. The molecule has 3 unspecified atom stereocenters. The van der Waals surface area contributed by atoms with Crippen molar-refractivity contribution in [2.45, 2.75) is 38.7 Å². The zero-order valence-electron chi connectivity index (χ0n) is 15.9. The van der Waals surface area contributed by atoms with Crippen molar-refractivity contribution in [3.8, 4) is 5.75 Å². The molecule has 1 aliphatic carbocycles. The summed E-state index contributed by atoms with van der Waals surface area (Å²) in [5, 5.41) is 11.8. The van der Waals surface area contributed by atoms with Crippen LogP contribution in [0.5, 0.6) is 5.75 Å². The molecule has 0 aromatic heterocycles. The largest absolute Gasteiger partial charge is 0.486 e. The van der Waals surface area contributed by atoms with Crippen LogP contribution in [-0.2, 0) is 9.59 Å².